The van der Waals surface area contributed by atoms with E-state index in [-0.39, 0.29) is 24.9 Å². The smallest absolute Gasteiger partial charge is 0.306 e. The number of amides is 1. The van der Waals surface area contributed by atoms with Crippen molar-refractivity contribution in [2.24, 2.45) is 0 Å². The summed E-state index contributed by atoms with van der Waals surface area (Å²) in [5.74, 6) is -0.544. The van der Waals surface area contributed by atoms with Gasteiger partial charge in [0.1, 0.15) is 19.3 Å². The van der Waals surface area contributed by atoms with Crippen molar-refractivity contribution < 1.29 is 37.3 Å². The molecule has 1 N–H and O–H groups in total. The second kappa shape index (κ2) is 57.0. The summed E-state index contributed by atoms with van der Waals surface area (Å²) in [5, 5.41) is 3.03. The van der Waals surface area contributed by atoms with E-state index in [1.807, 2.05) is 33.3 Å². The molecular weight excluding hydrogens is 976 g/mol. The van der Waals surface area contributed by atoms with Gasteiger partial charge < -0.3 is 28.5 Å². The number of nitrogens with zero attached hydrogens (tertiary/aromatic N) is 1. The van der Waals surface area contributed by atoms with Gasteiger partial charge >= 0.3 is 5.97 Å². The molecule has 0 spiro atoms. The topological polar surface area (TPSA) is 114 Å². The number of allylic oxidation sites excluding steroid dienone is 9. The second-order valence-corrected chi connectivity index (χ2v) is 24.7. The van der Waals surface area contributed by atoms with Crippen molar-refractivity contribution in [3.63, 3.8) is 0 Å². The lowest BCUT2D eigenvalue weighted by Gasteiger charge is -2.30. The highest BCUT2D eigenvalue weighted by Gasteiger charge is 2.27. The maximum Gasteiger partial charge on any atom is 0.306 e. The van der Waals surface area contributed by atoms with E-state index in [2.05, 4.69) is 74.7 Å². The van der Waals surface area contributed by atoms with Crippen LogP contribution in [0.25, 0.3) is 0 Å². The SMILES string of the molecule is CCCCC/C=C\C/C=C\C/C=C\C/C=C\CCCCCCCCCC(=O)OC(/C=C/CCCCCCCCCCC)C(COP(=O)([O-])OCC[N+](C)(C)C)NC(=O)CCCCCCCCCCCCCCCCCCC. The van der Waals surface area contributed by atoms with Crippen LogP contribution in [0.1, 0.15) is 303 Å². The third-order valence-corrected chi connectivity index (χ3v) is 15.4. The molecule has 3 unspecified atom stereocenters. The van der Waals surface area contributed by atoms with Gasteiger partial charge in [0, 0.05) is 12.8 Å². The number of phosphoric acid groups is 1. The molecule has 0 aromatic carbocycles. The molecule has 0 saturated heterocycles. The summed E-state index contributed by atoms with van der Waals surface area (Å²) in [6, 6.07) is -0.892. The van der Waals surface area contributed by atoms with Crippen LogP contribution in [0.3, 0.4) is 0 Å². The third-order valence-electron chi connectivity index (χ3n) is 14.5. The number of esters is 1. The van der Waals surface area contributed by atoms with Gasteiger partial charge in [0.2, 0.25) is 5.91 Å². The predicted octanol–water partition coefficient (Wildman–Crippen LogP) is 19.6. The number of rotatable bonds is 59. The number of quaternary nitrogens is 1. The molecule has 0 fully saturated rings. The summed E-state index contributed by atoms with van der Waals surface area (Å²) < 4.78 is 30.3. The molecule has 3 atom stereocenters. The van der Waals surface area contributed by atoms with Crippen LogP contribution in [0.2, 0.25) is 0 Å². The first-order valence-corrected chi connectivity index (χ1v) is 34.1. The highest BCUT2D eigenvalue weighted by Crippen LogP contribution is 2.38. The van der Waals surface area contributed by atoms with Gasteiger partial charge in [0.05, 0.1) is 33.8 Å². The van der Waals surface area contributed by atoms with Crippen LogP contribution in [0, 0.1) is 0 Å². The normalized spacial score (nSPS) is 14.0. The van der Waals surface area contributed by atoms with Gasteiger partial charge in [-0.15, -0.1) is 0 Å². The van der Waals surface area contributed by atoms with E-state index in [1.165, 1.54) is 180 Å². The van der Waals surface area contributed by atoms with Crippen molar-refractivity contribution in [1.29, 1.82) is 0 Å². The van der Waals surface area contributed by atoms with Crippen LogP contribution in [0.5, 0.6) is 0 Å². The highest BCUT2D eigenvalue weighted by molar-refractivity contribution is 7.45. The van der Waals surface area contributed by atoms with E-state index in [0.29, 0.717) is 17.4 Å². The highest BCUT2D eigenvalue weighted by atomic mass is 31.2. The summed E-state index contributed by atoms with van der Waals surface area (Å²) in [7, 11) is 1.18. The minimum atomic E-state index is -4.70. The third kappa shape index (κ3) is 58.2. The Balaban J connectivity index is 5.16. The zero-order chi connectivity index (χ0) is 56.4. The lowest BCUT2D eigenvalue weighted by molar-refractivity contribution is -0.870. The predicted molar refractivity (Wildman–Crippen MR) is 330 cm³/mol. The molecule has 10 heteroatoms. The van der Waals surface area contributed by atoms with Crippen molar-refractivity contribution >= 4 is 19.7 Å². The van der Waals surface area contributed by atoms with E-state index in [0.717, 1.165) is 89.9 Å². The zero-order valence-electron chi connectivity index (χ0n) is 51.4. The molecule has 0 aliphatic carbocycles. The van der Waals surface area contributed by atoms with E-state index in [9.17, 15) is 19.0 Å². The van der Waals surface area contributed by atoms with Crippen LogP contribution < -0.4 is 10.2 Å². The van der Waals surface area contributed by atoms with Gasteiger partial charge in [-0.1, -0.05) is 275 Å². The first kappa shape index (κ1) is 74.7. The average molecular weight is 1100 g/mol. The number of likely N-dealkylation sites (N-methyl/N-ethyl adjacent to an activating group) is 1. The number of phosphoric ester groups is 1. The lowest BCUT2D eigenvalue weighted by Crippen LogP contribution is -2.47. The fourth-order valence-electron chi connectivity index (χ4n) is 9.39. The molecule has 0 rings (SSSR count). The summed E-state index contributed by atoms with van der Waals surface area (Å²) in [6.07, 6.45) is 71.8. The Hall–Kier alpha value is -2.29. The quantitative estimate of drug-likeness (QED) is 0.0212. The number of carbonyl (C=O) groups is 2. The van der Waals surface area contributed by atoms with Gasteiger partial charge in [0.25, 0.3) is 7.82 Å². The Kier molecular flexibility index (Phi) is 55.3. The van der Waals surface area contributed by atoms with Gasteiger partial charge in [-0.2, -0.15) is 0 Å². The van der Waals surface area contributed by atoms with Crippen LogP contribution in [-0.4, -0.2) is 69.4 Å². The van der Waals surface area contributed by atoms with E-state index in [1.54, 1.807) is 0 Å². The molecule has 0 radical (unpaired) electrons. The van der Waals surface area contributed by atoms with E-state index < -0.39 is 26.6 Å². The van der Waals surface area contributed by atoms with Gasteiger partial charge in [-0.25, -0.2) is 0 Å². The van der Waals surface area contributed by atoms with Crippen LogP contribution in [0.15, 0.2) is 60.8 Å². The lowest BCUT2D eigenvalue weighted by atomic mass is 10.0. The van der Waals surface area contributed by atoms with Crippen molar-refractivity contribution in [2.45, 2.75) is 315 Å². The molecule has 0 aromatic heterocycles. The molecule has 0 aliphatic rings. The number of nitrogens with one attached hydrogen (secondary N) is 1. The molecule has 0 aromatic rings. The Bertz CT molecular complexity index is 1500. The molecule has 9 nitrogen and oxygen atoms in total. The van der Waals surface area contributed by atoms with Crippen molar-refractivity contribution in [2.75, 3.05) is 40.9 Å². The number of hydrogen-bond donors (Lipinski definition) is 1. The molecule has 0 saturated carbocycles. The Morgan fingerprint density at radius 3 is 1.21 bits per heavy atom. The Morgan fingerprint density at radius 2 is 0.792 bits per heavy atom. The first-order chi connectivity index (χ1) is 37.4. The number of ether oxygens (including phenoxy) is 1. The van der Waals surface area contributed by atoms with Crippen molar-refractivity contribution in [3.05, 3.63) is 60.8 Å². The number of unbranched alkanes of at least 4 members (excludes halogenated alkanes) is 35. The standard InChI is InChI=1S/C67H125N2O7P/c1-7-10-13-16-19-22-25-27-29-31-32-33-34-35-36-38-40-42-45-48-51-54-57-60-67(71)76-65(58-55-52-49-46-43-24-21-18-15-12-9-3)64(63-75-77(72,73)74-62-61-69(4,5)6)68-66(70)59-56-53-50-47-44-41-39-37-30-28-26-23-20-17-14-11-8-2/h19,22,27,29,32-33,35-36,55,58,64-65H,7-18,20-21,23-26,28,30-31,34,37-54,56-57,59-63H2,1-6H3,(H-,68,70,72,73)/b22-19-,29-27-,33-32-,36-35-,58-55+. The van der Waals surface area contributed by atoms with Crippen LogP contribution >= 0.6 is 7.82 Å². The second-order valence-electron chi connectivity index (χ2n) is 23.3. The largest absolute Gasteiger partial charge is 0.756 e. The van der Waals surface area contributed by atoms with Crippen molar-refractivity contribution in [1.82, 2.24) is 5.32 Å². The summed E-state index contributed by atoms with van der Waals surface area (Å²) in [5.41, 5.74) is 0. The Labute approximate surface area is 477 Å². The number of hydrogen-bond acceptors (Lipinski definition) is 7. The number of carbonyl (C=O) groups excluding carboxylic acids is 2. The van der Waals surface area contributed by atoms with Crippen molar-refractivity contribution in [3.8, 4) is 0 Å². The molecule has 450 valence electrons. The fourth-order valence-corrected chi connectivity index (χ4v) is 10.1. The zero-order valence-corrected chi connectivity index (χ0v) is 52.3. The summed E-state index contributed by atoms with van der Waals surface area (Å²) in [6.45, 7) is 6.83. The van der Waals surface area contributed by atoms with E-state index >= 15 is 0 Å². The maximum absolute atomic E-state index is 13.5. The maximum atomic E-state index is 13.5. The van der Waals surface area contributed by atoms with Crippen LogP contribution in [-0.2, 0) is 27.9 Å². The van der Waals surface area contributed by atoms with Gasteiger partial charge in [-0.3, -0.25) is 14.2 Å². The fraction of sp³-hybridized carbons (Fsp3) is 0.821. The molecule has 0 aliphatic heterocycles. The van der Waals surface area contributed by atoms with E-state index in [4.69, 9.17) is 13.8 Å². The van der Waals surface area contributed by atoms with Gasteiger partial charge in [-0.05, 0) is 76.7 Å². The Morgan fingerprint density at radius 1 is 0.455 bits per heavy atom. The average Bonchev–Trinajstić information content (AvgIpc) is 3.39. The minimum Gasteiger partial charge on any atom is -0.756 e. The first-order valence-electron chi connectivity index (χ1n) is 32.6. The summed E-state index contributed by atoms with van der Waals surface area (Å²) >= 11 is 0. The van der Waals surface area contributed by atoms with Crippen LogP contribution in [0.4, 0.5) is 0 Å². The monoisotopic (exact) mass is 1100 g/mol. The molecular formula is C67H125N2O7P. The molecule has 77 heavy (non-hydrogen) atoms. The molecule has 0 bridgehead atoms. The molecule has 0 heterocycles. The minimum absolute atomic E-state index is 0.0240. The van der Waals surface area contributed by atoms with Gasteiger partial charge in [0.15, 0.2) is 0 Å². The summed E-state index contributed by atoms with van der Waals surface area (Å²) in [4.78, 5) is 40.0. The molecule has 1 amide bonds.